The SMILES string of the molecule is O=C(NCc1csc(-c2cccnc2)n1)c1cc([N+](=O)[O-])ccc1Cl. The maximum Gasteiger partial charge on any atom is 0.270 e. The first-order valence-electron chi connectivity index (χ1n) is 7.11. The maximum atomic E-state index is 12.2. The molecule has 1 amide bonds. The number of nitrogens with one attached hydrogen (secondary N) is 1. The summed E-state index contributed by atoms with van der Waals surface area (Å²) < 4.78 is 0. The van der Waals surface area contributed by atoms with E-state index < -0.39 is 10.8 Å². The third-order valence-corrected chi connectivity index (χ3v) is 4.57. The van der Waals surface area contributed by atoms with Crippen LogP contribution in [-0.2, 0) is 6.54 Å². The highest BCUT2D eigenvalue weighted by molar-refractivity contribution is 7.13. The van der Waals surface area contributed by atoms with Crippen molar-refractivity contribution in [3.8, 4) is 10.6 Å². The van der Waals surface area contributed by atoms with Crippen LogP contribution >= 0.6 is 22.9 Å². The van der Waals surface area contributed by atoms with Crippen LogP contribution in [0.5, 0.6) is 0 Å². The number of benzene rings is 1. The smallest absolute Gasteiger partial charge is 0.270 e. The average Bonchev–Trinajstić information content (AvgIpc) is 3.09. The van der Waals surface area contributed by atoms with Gasteiger partial charge in [0.15, 0.2) is 0 Å². The average molecular weight is 375 g/mol. The lowest BCUT2D eigenvalue weighted by molar-refractivity contribution is -0.384. The molecule has 7 nitrogen and oxygen atoms in total. The lowest BCUT2D eigenvalue weighted by Crippen LogP contribution is -2.23. The number of pyridine rings is 1. The Morgan fingerprint density at radius 1 is 1.36 bits per heavy atom. The second-order valence-electron chi connectivity index (χ2n) is 4.99. The molecule has 2 aromatic heterocycles. The Balaban J connectivity index is 1.70. The first-order chi connectivity index (χ1) is 12.0. The van der Waals surface area contributed by atoms with Gasteiger partial charge in [-0.2, -0.15) is 0 Å². The fourth-order valence-electron chi connectivity index (χ4n) is 2.08. The third kappa shape index (κ3) is 3.98. The van der Waals surface area contributed by atoms with Crippen LogP contribution in [0.1, 0.15) is 16.1 Å². The van der Waals surface area contributed by atoms with Crippen LogP contribution in [0, 0.1) is 10.1 Å². The molecule has 0 radical (unpaired) electrons. The van der Waals surface area contributed by atoms with Gasteiger partial charge in [0.1, 0.15) is 5.01 Å². The molecular formula is C16H11ClN4O3S. The number of non-ortho nitro benzene ring substituents is 1. The van der Waals surface area contributed by atoms with Gasteiger partial charge in [0.2, 0.25) is 0 Å². The van der Waals surface area contributed by atoms with Gasteiger partial charge in [-0.15, -0.1) is 11.3 Å². The Labute approximate surface area is 151 Å². The number of amides is 1. The van der Waals surface area contributed by atoms with Crippen molar-refractivity contribution in [2.24, 2.45) is 0 Å². The molecule has 126 valence electrons. The Morgan fingerprint density at radius 3 is 2.92 bits per heavy atom. The van der Waals surface area contributed by atoms with Crippen molar-refractivity contribution in [2.45, 2.75) is 6.54 Å². The van der Waals surface area contributed by atoms with E-state index in [2.05, 4.69) is 15.3 Å². The first-order valence-corrected chi connectivity index (χ1v) is 8.37. The standard InChI is InChI=1S/C16H11ClN4O3S/c17-14-4-3-12(21(23)24)6-13(14)15(22)19-8-11-9-25-16(20-11)10-2-1-5-18-7-10/h1-7,9H,8H2,(H,19,22). The number of carbonyl (C=O) groups is 1. The highest BCUT2D eigenvalue weighted by atomic mass is 35.5. The normalized spacial score (nSPS) is 10.4. The van der Waals surface area contributed by atoms with E-state index in [1.54, 1.807) is 12.4 Å². The highest BCUT2D eigenvalue weighted by Crippen LogP contribution is 2.24. The first kappa shape index (κ1) is 17.0. The highest BCUT2D eigenvalue weighted by Gasteiger charge is 2.16. The predicted octanol–water partition coefficient (Wildman–Crippen LogP) is 3.70. The van der Waals surface area contributed by atoms with Gasteiger partial charge in [0.05, 0.1) is 27.7 Å². The molecule has 9 heteroatoms. The van der Waals surface area contributed by atoms with Crippen LogP contribution < -0.4 is 5.32 Å². The lowest BCUT2D eigenvalue weighted by atomic mass is 10.2. The molecule has 3 rings (SSSR count). The van der Waals surface area contributed by atoms with Crippen molar-refractivity contribution in [2.75, 3.05) is 0 Å². The van der Waals surface area contributed by atoms with Crippen molar-refractivity contribution in [3.05, 3.63) is 74.5 Å². The predicted molar refractivity (Wildman–Crippen MR) is 94.6 cm³/mol. The van der Waals surface area contributed by atoms with Crippen molar-refractivity contribution in [1.82, 2.24) is 15.3 Å². The lowest BCUT2D eigenvalue weighted by Gasteiger charge is -2.05. The van der Waals surface area contributed by atoms with Gasteiger partial charge < -0.3 is 5.32 Å². The van der Waals surface area contributed by atoms with Gasteiger partial charge in [-0.3, -0.25) is 19.9 Å². The Kier molecular flexibility index (Phi) is 5.01. The topological polar surface area (TPSA) is 98.0 Å². The monoisotopic (exact) mass is 374 g/mol. The minimum atomic E-state index is -0.576. The fraction of sp³-hybridized carbons (Fsp3) is 0.0625. The molecule has 0 aliphatic heterocycles. The van der Waals surface area contributed by atoms with Crippen LogP contribution in [0.2, 0.25) is 5.02 Å². The second-order valence-corrected chi connectivity index (χ2v) is 6.25. The molecule has 1 aromatic carbocycles. The Morgan fingerprint density at radius 2 is 2.20 bits per heavy atom. The number of thiazole rings is 1. The summed E-state index contributed by atoms with van der Waals surface area (Å²) in [5, 5.41) is 16.3. The Bertz CT molecular complexity index is 930. The summed E-state index contributed by atoms with van der Waals surface area (Å²) >= 11 is 7.40. The summed E-state index contributed by atoms with van der Waals surface area (Å²) in [6.45, 7) is 0.189. The summed E-state index contributed by atoms with van der Waals surface area (Å²) in [5.74, 6) is -0.496. The number of hydrogen-bond donors (Lipinski definition) is 1. The van der Waals surface area contributed by atoms with Gasteiger partial charge in [-0.1, -0.05) is 11.6 Å². The number of carbonyl (C=O) groups excluding carboxylic acids is 1. The molecule has 0 bridgehead atoms. The van der Waals surface area contributed by atoms with Gasteiger partial charge in [-0.25, -0.2) is 4.98 Å². The summed E-state index contributed by atoms with van der Waals surface area (Å²) in [6.07, 6.45) is 3.39. The summed E-state index contributed by atoms with van der Waals surface area (Å²) in [6, 6.07) is 7.46. The molecule has 0 fully saturated rings. The quantitative estimate of drug-likeness (QED) is 0.542. The molecular weight excluding hydrogens is 364 g/mol. The fourth-order valence-corrected chi connectivity index (χ4v) is 3.09. The van der Waals surface area contributed by atoms with Crippen molar-refractivity contribution < 1.29 is 9.72 Å². The van der Waals surface area contributed by atoms with Gasteiger partial charge in [0, 0.05) is 35.5 Å². The second kappa shape index (κ2) is 7.37. The zero-order chi connectivity index (χ0) is 17.8. The molecule has 25 heavy (non-hydrogen) atoms. The van der Waals surface area contributed by atoms with E-state index in [0.717, 1.165) is 16.6 Å². The molecule has 0 aliphatic carbocycles. The van der Waals surface area contributed by atoms with Gasteiger partial charge >= 0.3 is 0 Å². The summed E-state index contributed by atoms with van der Waals surface area (Å²) in [4.78, 5) is 31.0. The Hall–Kier alpha value is -2.84. The van der Waals surface area contributed by atoms with Crippen LogP contribution in [0.4, 0.5) is 5.69 Å². The van der Waals surface area contributed by atoms with E-state index in [4.69, 9.17) is 11.6 Å². The van der Waals surface area contributed by atoms with E-state index in [1.807, 2.05) is 17.5 Å². The molecule has 0 aliphatic rings. The number of halogens is 1. The summed E-state index contributed by atoms with van der Waals surface area (Å²) in [7, 11) is 0. The molecule has 2 heterocycles. The number of nitro groups is 1. The van der Waals surface area contributed by atoms with Crippen molar-refractivity contribution in [3.63, 3.8) is 0 Å². The van der Waals surface area contributed by atoms with Crippen LogP contribution in [-0.4, -0.2) is 20.8 Å². The van der Waals surface area contributed by atoms with E-state index in [1.165, 1.54) is 23.5 Å². The summed E-state index contributed by atoms with van der Waals surface area (Å²) in [5.41, 5.74) is 1.44. The number of aromatic nitrogens is 2. The van der Waals surface area contributed by atoms with Crippen molar-refractivity contribution in [1.29, 1.82) is 0 Å². The van der Waals surface area contributed by atoms with Crippen LogP contribution in [0.15, 0.2) is 48.1 Å². The van der Waals surface area contributed by atoms with E-state index in [-0.39, 0.29) is 22.8 Å². The molecule has 3 aromatic rings. The molecule has 0 unspecified atom stereocenters. The van der Waals surface area contributed by atoms with E-state index in [9.17, 15) is 14.9 Å². The largest absolute Gasteiger partial charge is 0.346 e. The minimum Gasteiger partial charge on any atom is -0.346 e. The third-order valence-electron chi connectivity index (χ3n) is 3.30. The van der Waals surface area contributed by atoms with Crippen LogP contribution in [0.25, 0.3) is 10.6 Å². The molecule has 0 saturated carbocycles. The van der Waals surface area contributed by atoms with Crippen LogP contribution in [0.3, 0.4) is 0 Å². The maximum absolute atomic E-state index is 12.2. The number of nitrogens with zero attached hydrogens (tertiary/aromatic N) is 3. The molecule has 0 saturated heterocycles. The number of nitro benzene ring substituents is 1. The van der Waals surface area contributed by atoms with Gasteiger partial charge in [0.25, 0.3) is 11.6 Å². The van der Waals surface area contributed by atoms with E-state index >= 15 is 0 Å². The zero-order valence-corrected chi connectivity index (χ0v) is 14.3. The molecule has 0 spiro atoms. The molecule has 0 atom stereocenters. The van der Waals surface area contributed by atoms with Gasteiger partial charge in [-0.05, 0) is 18.2 Å². The minimum absolute atomic E-state index is 0.0542. The van der Waals surface area contributed by atoms with Crippen molar-refractivity contribution >= 4 is 34.5 Å². The van der Waals surface area contributed by atoms with E-state index in [0.29, 0.717) is 5.69 Å². The number of rotatable bonds is 5. The number of hydrogen-bond acceptors (Lipinski definition) is 6. The molecule has 1 N–H and O–H groups in total. The zero-order valence-electron chi connectivity index (χ0n) is 12.7.